The zero-order valence-electron chi connectivity index (χ0n) is 12.1. The number of benzene rings is 1. The number of aromatic amines is 1. The number of nitrogens with zero attached hydrogens (tertiary/aromatic N) is 2. The number of rotatable bonds is 1. The van der Waals surface area contributed by atoms with Gasteiger partial charge in [-0.05, 0) is 18.2 Å². The van der Waals surface area contributed by atoms with E-state index in [1.54, 1.807) is 0 Å². The number of thiophene rings is 1. The Balaban J connectivity index is 1.96. The normalized spacial score (nSPS) is 14.5. The Morgan fingerprint density at radius 2 is 2.04 bits per heavy atom. The lowest BCUT2D eigenvalue weighted by atomic mass is 10.1. The van der Waals surface area contributed by atoms with Crippen molar-refractivity contribution in [3.63, 3.8) is 0 Å². The van der Waals surface area contributed by atoms with E-state index in [1.165, 1.54) is 11.3 Å². The molecule has 0 atom stereocenters. The van der Waals surface area contributed by atoms with Gasteiger partial charge in [0.2, 0.25) is 0 Å². The Morgan fingerprint density at radius 1 is 1.13 bits per heavy atom. The smallest absolute Gasteiger partial charge is 0.266 e. The van der Waals surface area contributed by atoms with Crippen LogP contribution >= 0.6 is 11.3 Å². The molecule has 23 heavy (non-hydrogen) atoms. The van der Waals surface area contributed by atoms with Crippen LogP contribution in [0.4, 0.5) is 0 Å². The van der Waals surface area contributed by atoms with Gasteiger partial charge in [-0.2, -0.15) is 0 Å². The molecule has 0 spiro atoms. The van der Waals surface area contributed by atoms with Crippen molar-refractivity contribution in [1.29, 1.82) is 0 Å². The van der Waals surface area contributed by atoms with E-state index in [1.807, 2.05) is 36.4 Å². The van der Waals surface area contributed by atoms with Crippen molar-refractivity contribution in [3.05, 3.63) is 52.4 Å². The molecule has 5 nitrogen and oxygen atoms in total. The quantitative estimate of drug-likeness (QED) is 0.566. The Kier molecular flexibility index (Phi) is 2.57. The predicted molar refractivity (Wildman–Crippen MR) is 94.7 cm³/mol. The minimum absolute atomic E-state index is 0.0559. The third-order valence-corrected chi connectivity index (χ3v) is 5.27. The van der Waals surface area contributed by atoms with Crippen LogP contribution in [0.25, 0.3) is 31.2 Å². The highest BCUT2D eigenvalue weighted by molar-refractivity contribution is 7.25. The van der Waals surface area contributed by atoms with E-state index in [0.717, 1.165) is 55.8 Å². The van der Waals surface area contributed by atoms with E-state index in [4.69, 9.17) is 4.98 Å². The first-order chi connectivity index (χ1) is 11.3. The summed E-state index contributed by atoms with van der Waals surface area (Å²) in [6, 6.07) is 11.9. The van der Waals surface area contributed by atoms with Gasteiger partial charge in [-0.1, -0.05) is 18.2 Å². The van der Waals surface area contributed by atoms with Gasteiger partial charge in [-0.15, -0.1) is 11.3 Å². The van der Waals surface area contributed by atoms with E-state index in [9.17, 15) is 4.79 Å². The largest absolute Gasteiger partial charge is 0.367 e. The Bertz CT molecular complexity index is 1170. The molecule has 0 aliphatic carbocycles. The maximum atomic E-state index is 12.4. The number of aliphatic imine (C=N–C) groups is 1. The molecule has 1 aliphatic rings. The van der Waals surface area contributed by atoms with Crippen LogP contribution in [0.3, 0.4) is 0 Å². The molecule has 1 aromatic carbocycles. The molecule has 0 fully saturated rings. The topological polar surface area (TPSA) is 70.1 Å². The molecule has 0 saturated carbocycles. The molecule has 4 aromatic rings. The van der Waals surface area contributed by atoms with Crippen LogP contribution in [0.1, 0.15) is 5.69 Å². The number of fused-ring (bicyclic) bond motifs is 5. The van der Waals surface area contributed by atoms with Gasteiger partial charge >= 0.3 is 0 Å². The van der Waals surface area contributed by atoms with Gasteiger partial charge in [-0.3, -0.25) is 9.79 Å². The van der Waals surface area contributed by atoms with Gasteiger partial charge in [0.15, 0.2) is 0 Å². The van der Waals surface area contributed by atoms with Gasteiger partial charge in [0.25, 0.3) is 5.56 Å². The summed E-state index contributed by atoms with van der Waals surface area (Å²) in [5.41, 5.74) is 2.34. The molecule has 3 aromatic heterocycles. The molecule has 6 heteroatoms. The maximum absolute atomic E-state index is 12.4. The third-order valence-electron chi connectivity index (χ3n) is 4.10. The lowest BCUT2D eigenvalue weighted by molar-refractivity contribution is 0.958. The van der Waals surface area contributed by atoms with Crippen molar-refractivity contribution in [2.45, 2.75) is 0 Å². The van der Waals surface area contributed by atoms with Crippen molar-refractivity contribution in [1.82, 2.24) is 15.3 Å². The zero-order chi connectivity index (χ0) is 15.4. The minimum Gasteiger partial charge on any atom is -0.367 e. The lowest BCUT2D eigenvalue weighted by Gasteiger charge is -2.05. The summed E-state index contributed by atoms with van der Waals surface area (Å²) in [5, 5.41) is 5.26. The van der Waals surface area contributed by atoms with Crippen molar-refractivity contribution in [2.24, 2.45) is 4.99 Å². The standard InChI is InChI=1S/C17H12N4OS/c22-17-15-13(9-3-1-2-4-12(9)23-15)14-10(21-17)5-6-11(20-14)16-18-7-8-19-16/h1-6H,7-8H2,(H,18,19)(H,21,22). The highest BCUT2D eigenvalue weighted by atomic mass is 32.1. The van der Waals surface area contributed by atoms with Crippen molar-refractivity contribution < 1.29 is 0 Å². The molecule has 4 heterocycles. The van der Waals surface area contributed by atoms with Crippen LogP contribution < -0.4 is 10.9 Å². The summed E-state index contributed by atoms with van der Waals surface area (Å²) < 4.78 is 1.83. The molecule has 1 aliphatic heterocycles. The van der Waals surface area contributed by atoms with Gasteiger partial charge in [0.05, 0.1) is 17.6 Å². The number of amidine groups is 1. The average Bonchev–Trinajstić information content (AvgIpc) is 3.23. The van der Waals surface area contributed by atoms with Gasteiger partial charge < -0.3 is 10.3 Å². The number of hydrogen-bond acceptors (Lipinski definition) is 5. The highest BCUT2D eigenvalue weighted by Crippen LogP contribution is 2.34. The fourth-order valence-electron chi connectivity index (χ4n) is 3.07. The summed E-state index contributed by atoms with van der Waals surface area (Å²) in [6.07, 6.45) is 0. The van der Waals surface area contributed by atoms with E-state index in [2.05, 4.69) is 15.3 Å². The summed E-state index contributed by atoms with van der Waals surface area (Å²) in [4.78, 5) is 24.6. The van der Waals surface area contributed by atoms with Gasteiger partial charge in [0, 0.05) is 22.0 Å². The predicted octanol–water partition coefficient (Wildman–Crippen LogP) is 2.64. The zero-order valence-corrected chi connectivity index (χ0v) is 12.9. The second-order valence-electron chi connectivity index (χ2n) is 5.51. The van der Waals surface area contributed by atoms with Crippen LogP contribution in [0.15, 0.2) is 46.2 Å². The third kappa shape index (κ3) is 1.82. The number of aromatic nitrogens is 2. The highest BCUT2D eigenvalue weighted by Gasteiger charge is 2.15. The van der Waals surface area contributed by atoms with E-state index in [0.29, 0.717) is 0 Å². The number of nitrogens with one attached hydrogen (secondary N) is 2. The van der Waals surface area contributed by atoms with E-state index < -0.39 is 0 Å². The van der Waals surface area contributed by atoms with E-state index in [-0.39, 0.29) is 5.56 Å². The van der Waals surface area contributed by atoms with Crippen molar-refractivity contribution in [3.8, 4) is 0 Å². The monoisotopic (exact) mass is 320 g/mol. The summed E-state index contributed by atoms with van der Waals surface area (Å²) >= 11 is 1.51. The fourth-order valence-corrected chi connectivity index (χ4v) is 4.17. The first-order valence-corrected chi connectivity index (χ1v) is 8.26. The molecule has 2 N–H and O–H groups in total. The first kappa shape index (κ1) is 12.8. The van der Waals surface area contributed by atoms with Gasteiger partial charge in [-0.25, -0.2) is 4.98 Å². The number of hydrogen-bond donors (Lipinski definition) is 2. The molecular formula is C17H12N4OS. The molecule has 0 radical (unpaired) electrons. The van der Waals surface area contributed by atoms with Crippen LogP contribution in [-0.2, 0) is 0 Å². The summed E-state index contributed by atoms with van der Waals surface area (Å²) in [6.45, 7) is 1.62. The lowest BCUT2D eigenvalue weighted by Crippen LogP contribution is -2.20. The second-order valence-corrected chi connectivity index (χ2v) is 6.56. The van der Waals surface area contributed by atoms with Crippen molar-refractivity contribution in [2.75, 3.05) is 13.1 Å². The van der Waals surface area contributed by atoms with Crippen LogP contribution in [0, 0.1) is 0 Å². The molecule has 0 bridgehead atoms. The summed E-state index contributed by atoms with van der Waals surface area (Å²) in [5.74, 6) is 0.825. The Hall–Kier alpha value is -2.73. The fraction of sp³-hybridized carbons (Fsp3) is 0.118. The number of H-pyrrole nitrogens is 1. The van der Waals surface area contributed by atoms with E-state index >= 15 is 0 Å². The van der Waals surface area contributed by atoms with Crippen LogP contribution in [0.2, 0.25) is 0 Å². The maximum Gasteiger partial charge on any atom is 0.266 e. The second kappa shape index (κ2) is 4.63. The minimum atomic E-state index is -0.0559. The molecule has 0 amide bonds. The molecule has 5 rings (SSSR count). The van der Waals surface area contributed by atoms with Crippen molar-refractivity contribution >= 4 is 48.4 Å². The number of pyridine rings is 2. The average molecular weight is 320 g/mol. The Morgan fingerprint density at radius 3 is 2.91 bits per heavy atom. The summed E-state index contributed by atoms with van der Waals surface area (Å²) in [7, 11) is 0. The first-order valence-electron chi connectivity index (χ1n) is 7.44. The molecular weight excluding hydrogens is 308 g/mol. The molecule has 0 unspecified atom stereocenters. The molecule has 112 valence electrons. The van der Waals surface area contributed by atoms with Gasteiger partial charge in [0.1, 0.15) is 16.2 Å². The van der Waals surface area contributed by atoms with Crippen LogP contribution in [-0.4, -0.2) is 28.9 Å². The molecule has 0 saturated heterocycles. The van der Waals surface area contributed by atoms with Crippen LogP contribution in [0.5, 0.6) is 0 Å². The Labute approximate surface area is 134 Å². The SMILES string of the molecule is O=c1[nH]c2ccc(C3=NCCN3)nc2c2c1sc1ccccc12.